The van der Waals surface area contributed by atoms with E-state index in [0.717, 1.165) is 6.21 Å². The van der Waals surface area contributed by atoms with E-state index >= 15 is 0 Å². The lowest BCUT2D eigenvalue weighted by atomic mass is 9.95. The smallest absolute Gasteiger partial charge is 0.430 e. The van der Waals surface area contributed by atoms with Crippen molar-refractivity contribution < 1.29 is 22.7 Å². The van der Waals surface area contributed by atoms with Crippen LogP contribution in [0.3, 0.4) is 0 Å². The number of carbonyl (C=O) groups excluding carboxylic acids is 1. The minimum Gasteiger partial charge on any atom is -0.473 e. The van der Waals surface area contributed by atoms with Crippen LogP contribution < -0.4 is 10.1 Å². The van der Waals surface area contributed by atoms with Crippen LogP contribution in [-0.2, 0) is 4.79 Å². The Morgan fingerprint density at radius 1 is 1.29 bits per heavy atom. The third-order valence-corrected chi connectivity index (χ3v) is 2.82. The van der Waals surface area contributed by atoms with Crippen molar-refractivity contribution in [2.45, 2.75) is 33.1 Å². The monoisotopic (exact) mass is 300 g/mol. The van der Waals surface area contributed by atoms with Crippen molar-refractivity contribution in [3.8, 4) is 5.75 Å². The largest absolute Gasteiger partial charge is 0.473 e. The molecule has 2 rings (SSSR count). The number of nitrogens with one attached hydrogen (secondary N) is 1. The Morgan fingerprint density at radius 2 is 1.95 bits per heavy atom. The molecular weight excluding hydrogens is 285 g/mol. The summed E-state index contributed by atoms with van der Waals surface area (Å²) in [4.78, 5) is 15.6. The normalized spacial score (nSPS) is 17.9. The minimum absolute atomic E-state index is 0.00784. The van der Waals surface area contributed by atoms with E-state index in [4.69, 9.17) is 4.74 Å². The summed E-state index contributed by atoms with van der Waals surface area (Å²) in [6.45, 7) is 5.21. The molecule has 7 heteroatoms. The van der Waals surface area contributed by atoms with Gasteiger partial charge >= 0.3 is 6.18 Å². The molecule has 0 spiro atoms. The lowest BCUT2D eigenvalue weighted by Crippen LogP contribution is -2.37. The fourth-order valence-corrected chi connectivity index (χ4v) is 1.58. The highest BCUT2D eigenvalue weighted by Crippen LogP contribution is 2.37. The fourth-order valence-electron chi connectivity index (χ4n) is 1.58. The molecule has 0 radical (unpaired) electrons. The number of alkyl halides is 3. The molecule has 1 heterocycles. The minimum atomic E-state index is -4.52. The van der Waals surface area contributed by atoms with Crippen LogP contribution in [0.2, 0.25) is 0 Å². The summed E-state index contributed by atoms with van der Waals surface area (Å²) >= 11 is 0. The summed E-state index contributed by atoms with van der Waals surface area (Å²) in [5.74, 6) is -0.249. The van der Waals surface area contributed by atoms with Gasteiger partial charge in [-0.2, -0.15) is 13.2 Å². The molecule has 0 aromatic heterocycles. The number of rotatable bonds is 1. The number of hydrogen-bond donors (Lipinski definition) is 1. The number of anilines is 1. The maximum atomic E-state index is 12.6. The highest BCUT2D eigenvalue weighted by Gasteiger charge is 2.42. The predicted octanol–water partition coefficient (Wildman–Crippen LogP) is 3.70. The molecule has 0 saturated carbocycles. The quantitative estimate of drug-likeness (QED) is 0.859. The van der Waals surface area contributed by atoms with Crippen molar-refractivity contribution in [3.05, 3.63) is 18.2 Å². The summed E-state index contributed by atoms with van der Waals surface area (Å²) in [5.41, 5.74) is 0.0552. The zero-order valence-corrected chi connectivity index (χ0v) is 11.8. The number of hydrogen-bond acceptors (Lipinski definition) is 3. The molecule has 114 valence electrons. The lowest BCUT2D eigenvalue weighted by Gasteiger charge is -2.23. The molecule has 1 aliphatic heterocycles. The van der Waals surface area contributed by atoms with Crippen molar-refractivity contribution in [1.82, 2.24) is 0 Å². The molecule has 0 saturated heterocycles. The van der Waals surface area contributed by atoms with Crippen LogP contribution >= 0.6 is 0 Å². The Bertz CT molecular complexity index is 589. The van der Waals surface area contributed by atoms with Crippen LogP contribution in [0.4, 0.5) is 24.5 Å². The summed E-state index contributed by atoms with van der Waals surface area (Å²) in [6, 6.07) is 4.40. The van der Waals surface area contributed by atoms with Crippen molar-refractivity contribution in [2.75, 3.05) is 5.32 Å². The Labute approximate surface area is 120 Å². The van der Waals surface area contributed by atoms with Crippen molar-refractivity contribution in [2.24, 2.45) is 10.4 Å². The highest BCUT2D eigenvalue weighted by molar-refractivity contribution is 5.95. The first kappa shape index (κ1) is 15.3. The van der Waals surface area contributed by atoms with Gasteiger partial charge in [-0.15, -0.1) is 0 Å². The maximum absolute atomic E-state index is 12.6. The van der Waals surface area contributed by atoms with Gasteiger partial charge in [0.1, 0.15) is 11.4 Å². The van der Waals surface area contributed by atoms with Gasteiger partial charge < -0.3 is 10.1 Å². The second-order valence-electron chi connectivity index (χ2n) is 5.74. The SMILES string of the molecule is CC(C)(C)C(=O)Nc1ccc2c(c1)OC(C(F)(F)F)C=N2. The van der Waals surface area contributed by atoms with E-state index in [-0.39, 0.29) is 11.7 Å². The molecule has 1 N–H and O–H groups in total. The van der Waals surface area contributed by atoms with Gasteiger partial charge in [0.15, 0.2) is 0 Å². The van der Waals surface area contributed by atoms with Crippen LogP contribution in [0, 0.1) is 5.41 Å². The zero-order chi connectivity index (χ0) is 15.8. The summed E-state index contributed by atoms with van der Waals surface area (Å²) in [6.07, 6.45) is -5.87. The molecule has 1 aromatic carbocycles. The Morgan fingerprint density at radius 3 is 2.52 bits per heavy atom. The molecule has 1 amide bonds. The van der Waals surface area contributed by atoms with E-state index < -0.39 is 17.7 Å². The van der Waals surface area contributed by atoms with Crippen LogP contribution in [0.25, 0.3) is 0 Å². The van der Waals surface area contributed by atoms with Crippen LogP contribution in [0.5, 0.6) is 5.75 Å². The van der Waals surface area contributed by atoms with E-state index in [1.54, 1.807) is 26.8 Å². The Balaban J connectivity index is 2.21. The second-order valence-corrected chi connectivity index (χ2v) is 5.74. The van der Waals surface area contributed by atoms with E-state index in [1.165, 1.54) is 12.1 Å². The molecule has 1 atom stereocenters. The van der Waals surface area contributed by atoms with Gasteiger partial charge in [0.2, 0.25) is 12.0 Å². The van der Waals surface area contributed by atoms with Crippen LogP contribution in [-0.4, -0.2) is 24.4 Å². The molecule has 0 fully saturated rings. The topological polar surface area (TPSA) is 50.7 Å². The molecular formula is C14H15F3N2O2. The van der Waals surface area contributed by atoms with Crippen LogP contribution in [0.15, 0.2) is 23.2 Å². The van der Waals surface area contributed by atoms with E-state index in [2.05, 4.69) is 10.3 Å². The van der Waals surface area contributed by atoms with E-state index in [9.17, 15) is 18.0 Å². The van der Waals surface area contributed by atoms with Gasteiger partial charge in [-0.3, -0.25) is 9.79 Å². The molecule has 4 nitrogen and oxygen atoms in total. The number of carbonyl (C=O) groups is 1. The number of halogens is 3. The summed E-state index contributed by atoms with van der Waals surface area (Å²) in [7, 11) is 0. The first-order valence-corrected chi connectivity index (χ1v) is 6.30. The van der Waals surface area contributed by atoms with Gasteiger partial charge in [0, 0.05) is 17.2 Å². The van der Waals surface area contributed by atoms with Crippen molar-refractivity contribution >= 4 is 23.5 Å². The first-order chi connectivity index (χ1) is 9.57. The lowest BCUT2D eigenvalue weighted by molar-refractivity contribution is -0.172. The summed E-state index contributed by atoms with van der Waals surface area (Å²) < 4.78 is 42.7. The van der Waals surface area contributed by atoms with E-state index in [1.807, 2.05) is 0 Å². The third kappa shape index (κ3) is 3.53. The van der Waals surface area contributed by atoms with E-state index in [0.29, 0.717) is 11.4 Å². The maximum Gasteiger partial charge on any atom is 0.430 e. The third-order valence-electron chi connectivity index (χ3n) is 2.82. The number of amides is 1. The number of ether oxygens (including phenoxy) is 1. The molecule has 1 unspecified atom stereocenters. The second kappa shape index (κ2) is 5.05. The molecule has 0 aliphatic carbocycles. The van der Waals surface area contributed by atoms with Gasteiger partial charge in [0.05, 0.1) is 6.21 Å². The number of nitrogens with zero attached hydrogens (tertiary/aromatic N) is 1. The van der Waals surface area contributed by atoms with Gasteiger partial charge in [-0.25, -0.2) is 0 Å². The zero-order valence-electron chi connectivity index (χ0n) is 11.8. The number of aliphatic imine (C=N–C) groups is 1. The number of fused-ring (bicyclic) bond motifs is 1. The Kier molecular flexibility index (Phi) is 3.69. The van der Waals surface area contributed by atoms with Crippen LogP contribution in [0.1, 0.15) is 20.8 Å². The van der Waals surface area contributed by atoms with Gasteiger partial charge in [-0.05, 0) is 12.1 Å². The fraction of sp³-hybridized carbons (Fsp3) is 0.429. The molecule has 1 aromatic rings. The number of benzene rings is 1. The average molecular weight is 300 g/mol. The predicted molar refractivity (Wildman–Crippen MR) is 73.1 cm³/mol. The standard InChI is InChI=1S/C14H15F3N2O2/c1-13(2,3)12(20)19-8-4-5-9-10(6-8)21-11(7-18-9)14(15,16)17/h4-7,11H,1-3H3,(H,19,20). The highest BCUT2D eigenvalue weighted by atomic mass is 19.4. The van der Waals surface area contributed by atoms with Gasteiger partial charge in [0.25, 0.3) is 0 Å². The van der Waals surface area contributed by atoms with Crippen molar-refractivity contribution in [3.63, 3.8) is 0 Å². The Hall–Kier alpha value is -2.05. The molecule has 0 bridgehead atoms. The average Bonchev–Trinajstić information content (AvgIpc) is 2.35. The first-order valence-electron chi connectivity index (χ1n) is 6.30. The van der Waals surface area contributed by atoms with Crippen molar-refractivity contribution in [1.29, 1.82) is 0 Å². The molecule has 1 aliphatic rings. The van der Waals surface area contributed by atoms with Gasteiger partial charge in [-0.1, -0.05) is 20.8 Å². The summed E-state index contributed by atoms with van der Waals surface area (Å²) in [5, 5.41) is 2.63. The molecule has 21 heavy (non-hydrogen) atoms.